The molecule has 3 heterocycles. The zero-order valence-corrected chi connectivity index (χ0v) is 15.6. The smallest absolute Gasteiger partial charge is 0.338 e. The van der Waals surface area contributed by atoms with Gasteiger partial charge in [-0.2, -0.15) is 0 Å². The van der Waals surface area contributed by atoms with Crippen LogP contribution in [0.5, 0.6) is 0 Å². The molecule has 0 aliphatic carbocycles. The first-order valence-electron chi connectivity index (χ1n) is 7.94. The Morgan fingerprint density at radius 1 is 1.50 bits per heavy atom. The van der Waals surface area contributed by atoms with Crippen molar-refractivity contribution in [1.29, 1.82) is 0 Å². The number of amides is 1. The van der Waals surface area contributed by atoms with Crippen LogP contribution in [-0.2, 0) is 14.3 Å². The van der Waals surface area contributed by atoms with Crippen LogP contribution in [0.2, 0.25) is 0 Å². The molecule has 0 radical (unpaired) electrons. The Labute approximate surface area is 149 Å². The molecule has 0 saturated carbocycles. The van der Waals surface area contributed by atoms with Gasteiger partial charge in [-0.1, -0.05) is 31.7 Å². The molecule has 1 aromatic rings. The average molecular weight is 364 g/mol. The highest BCUT2D eigenvalue weighted by Crippen LogP contribution is 2.41. The number of rotatable bonds is 4. The minimum atomic E-state index is -0.433. The number of thiophene rings is 1. The van der Waals surface area contributed by atoms with E-state index in [-0.39, 0.29) is 17.8 Å². The first kappa shape index (κ1) is 17.2. The highest BCUT2D eigenvalue weighted by atomic mass is 32.2. The predicted octanol–water partition coefficient (Wildman–Crippen LogP) is 3.60. The minimum Gasteiger partial charge on any atom is -0.462 e. The van der Waals surface area contributed by atoms with Gasteiger partial charge in [-0.05, 0) is 24.3 Å². The lowest BCUT2D eigenvalue weighted by atomic mass is 10.00. The van der Waals surface area contributed by atoms with Gasteiger partial charge in [-0.3, -0.25) is 9.69 Å². The molecule has 0 N–H and O–H groups in total. The number of nitrogens with zero attached hydrogens (tertiary/aromatic N) is 2. The fourth-order valence-electron chi connectivity index (χ4n) is 2.69. The second kappa shape index (κ2) is 7.11. The minimum absolute atomic E-state index is 0.00700. The van der Waals surface area contributed by atoms with Crippen molar-refractivity contribution in [3.05, 3.63) is 33.7 Å². The molecule has 24 heavy (non-hydrogen) atoms. The monoisotopic (exact) mass is 364 g/mol. The summed E-state index contributed by atoms with van der Waals surface area (Å²) in [7, 11) is 0. The third-order valence-electron chi connectivity index (χ3n) is 3.79. The van der Waals surface area contributed by atoms with Crippen LogP contribution in [0.4, 0.5) is 0 Å². The van der Waals surface area contributed by atoms with E-state index >= 15 is 0 Å². The highest BCUT2D eigenvalue weighted by Gasteiger charge is 2.42. The molecule has 0 spiro atoms. The standard InChI is InChI=1S/C17H20N2O3S2/c1-10(2)9-22-16(21)14-11(3)18-17-19(13(20)6-8-24-17)15(14)12-5-4-7-23-12/h4-5,7,10,15H,6,8-9H2,1-3H3/t15-/m0/s1. The lowest BCUT2D eigenvalue weighted by Crippen LogP contribution is -2.45. The van der Waals surface area contributed by atoms with Crippen LogP contribution in [0, 0.1) is 5.92 Å². The van der Waals surface area contributed by atoms with E-state index in [9.17, 15) is 9.59 Å². The molecule has 0 unspecified atom stereocenters. The van der Waals surface area contributed by atoms with Gasteiger partial charge < -0.3 is 4.74 Å². The second-order valence-electron chi connectivity index (χ2n) is 6.17. The van der Waals surface area contributed by atoms with Gasteiger partial charge in [0.15, 0.2) is 5.17 Å². The maximum atomic E-state index is 12.7. The van der Waals surface area contributed by atoms with E-state index < -0.39 is 6.04 Å². The summed E-state index contributed by atoms with van der Waals surface area (Å²) in [6, 6.07) is 3.45. The summed E-state index contributed by atoms with van der Waals surface area (Å²) >= 11 is 3.10. The van der Waals surface area contributed by atoms with Gasteiger partial charge in [0.2, 0.25) is 5.91 Å². The summed E-state index contributed by atoms with van der Waals surface area (Å²) in [6.45, 7) is 6.16. The lowest BCUT2D eigenvalue weighted by Gasteiger charge is -2.38. The highest BCUT2D eigenvalue weighted by molar-refractivity contribution is 8.14. The molecule has 1 amide bonds. The summed E-state index contributed by atoms with van der Waals surface area (Å²) in [4.78, 5) is 32.4. The van der Waals surface area contributed by atoms with Crippen LogP contribution < -0.4 is 0 Å². The van der Waals surface area contributed by atoms with Gasteiger partial charge in [0.25, 0.3) is 0 Å². The molecule has 7 heteroatoms. The number of esters is 1. The number of thioether (sulfide) groups is 1. The number of carbonyl (C=O) groups excluding carboxylic acids is 2. The summed E-state index contributed by atoms with van der Waals surface area (Å²) in [5.74, 6) is 0.606. The van der Waals surface area contributed by atoms with E-state index in [0.29, 0.717) is 29.5 Å². The maximum Gasteiger partial charge on any atom is 0.338 e. The molecular weight excluding hydrogens is 344 g/mol. The predicted molar refractivity (Wildman–Crippen MR) is 96.9 cm³/mol. The van der Waals surface area contributed by atoms with Gasteiger partial charge in [-0.15, -0.1) is 11.3 Å². The molecule has 128 valence electrons. The topological polar surface area (TPSA) is 59.0 Å². The molecule has 2 aliphatic heterocycles. The summed E-state index contributed by atoms with van der Waals surface area (Å²) in [5.41, 5.74) is 1.10. The summed E-state index contributed by atoms with van der Waals surface area (Å²) in [5, 5.41) is 2.64. The molecule has 1 atom stereocenters. The SMILES string of the molecule is CC1=C(C(=O)OCC(C)C)[C@H](c2cccs2)N2C(=O)CCSC2=N1. The Hall–Kier alpha value is -1.60. The van der Waals surface area contributed by atoms with Crippen LogP contribution in [0.3, 0.4) is 0 Å². The molecule has 0 bridgehead atoms. The molecule has 2 aliphatic rings. The van der Waals surface area contributed by atoms with Crippen molar-refractivity contribution in [2.24, 2.45) is 10.9 Å². The Bertz CT molecular complexity index is 707. The van der Waals surface area contributed by atoms with Crippen molar-refractivity contribution < 1.29 is 14.3 Å². The number of amidine groups is 1. The third-order valence-corrected chi connectivity index (χ3v) is 5.67. The van der Waals surface area contributed by atoms with E-state index in [1.807, 2.05) is 38.3 Å². The number of aliphatic imine (C=N–C) groups is 1. The zero-order chi connectivity index (χ0) is 17.3. The van der Waals surface area contributed by atoms with Crippen LogP contribution in [-0.4, -0.2) is 34.3 Å². The van der Waals surface area contributed by atoms with Crippen molar-refractivity contribution in [3.63, 3.8) is 0 Å². The zero-order valence-electron chi connectivity index (χ0n) is 13.9. The molecule has 1 fully saturated rings. The number of fused-ring (bicyclic) bond motifs is 1. The number of hydrogen-bond acceptors (Lipinski definition) is 6. The Kier molecular flexibility index (Phi) is 5.10. The largest absolute Gasteiger partial charge is 0.462 e. The molecule has 5 nitrogen and oxygen atoms in total. The third kappa shape index (κ3) is 3.28. The van der Waals surface area contributed by atoms with Gasteiger partial charge in [-0.25, -0.2) is 9.79 Å². The van der Waals surface area contributed by atoms with E-state index in [0.717, 1.165) is 10.6 Å². The molecule has 0 aromatic carbocycles. The van der Waals surface area contributed by atoms with E-state index in [1.165, 1.54) is 11.3 Å². The number of ether oxygens (including phenoxy) is 1. The second-order valence-corrected chi connectivity index (χ2v) is 8.21. The Morgan fingerprint density at radius 2 is 2.29 bits per heavy atom. The fraction of sp³-hybridized carbons (Fsp3) is 0.471. The van der Waals surface area contributed by atoms with Crippen molar-refractivity contribution in [2.75, 3.05) is 12.4 Å². The summed E-state index contributed by atoms with van der Waals surface area (Å²) < 4.78 is 5.45. The fourth-order valence-corrected chi connectivity index (χ4v) is 4.52. The van der Waals surface area contributed by atoms with Crippen LogP contribution in [0.25, 0.3) is 0 Å². The first-order chi connectivity index (χ1) is 11.5. The van der Waals surface area contributed by atoms with Gasteiger partial charge in [0.1, 0.15) is 6.04 Å². The number of carbonyl (C=O) groups is 2. The van der Waals surface area contributed by atoms with Crippen LogP contribution in [0.1, 0.15) is 38.1 Å². The summed E-state index contributed by atoms with van der Waals surface area (Å²) in [6.07, 6.45) is 0.457. The molecule has 1 aromatic heterocycles. The van der Waals surface area contributed by atoms with Crippen LogP contribution in [0.15, 0.2) is 33.8 Å². The lowest BCUT2D eigenvalue weighted by molar-refractivity contribution is -0.141. The van der Waals surface area contributed by atoms with Gasteiger partial charge >= 0.3 is 5.97 Å². The number of hydrogen-bond donors (Lipinski definition) is 0. The normalized spacial score (nSPS) is 21.0. The first-order valence-corrected chi connectivity index (χ1v) is 9.80. The van der Waals surface area contributed by atoms with E-state index in [2.05, 4.69) is 4.99 Å². The maximum absolute atomic E-state index is 12.7. The van der Waals surface area contributed by atoms with Crippen LogP contribution >= 0.6 is 23.1 Å². The average Bonchev–Trinajstić information content (AvgIpc) is 3.05. The van der Waals surface area contributed by atoms with E-state index in [4.69, 9.17) is 4.74 Å². The molecule has 3 rings (SSSR count). The Balaban J connectivity index is 2.03. The van der Waals surface area contributed by atoms with E-state index in [1.54, 1.807) is 16.7 Å². The molecule has 1 saturated heterocycles. The van der Waals surface area contributed by atoms with Crippen molar-refractivity contribution in [1.82, 2.24) is 4.90 Å². The van der Waals surface area contributed by atoms with Gasteiger partial charge in [0, 0.05) is 17.1 Å². The quantitative estimate of drug-likeness (QED) is 0.766. The van der Waals surface area contributed by atoms with Gasteiger partial charge in [0.05, 0.1) is 17.9 Å². The number of allylic oxidation sites excluding steroid dienone is 1. The molecular formula is C17H20N2O3S2. The Morgan fingerprint density at radius 3 is 2.96 bits per heavy atom. The van der Waals surface area contributed by atoms with Crippen molar-refractivity contribution in [3.8, 4) is 0 Å². The van der Waals surface area contributed by atoms with Crippen molar-refractivity contribution in [2.45, 2.75) is 33.2 Å². The van der Waals surface area contributed by atoms with Crippen molar-refractivity contribution >= 4 is 40.1 Å².